The number of rotatable bonds is 4. The third-order valence-corrected chi connectivity index (χ3v) is 2.95. The highest BCUT2D eigenvalue weighted by atomic mass is 79.9. The standard InChI is InChI=1S/C13H10BrN3O3/c1-2-6-15-11(18)8-17-12(16-20-13(17)19)9-4-3-5-10(14)7-9/h1,3-5,7H,6,8H2,(H,15,18). The third-order valence-electron chi connectivity index (χ3n) is 2.46. The zero-order chi connectivity index (χ0) is 14.5. The maximum atomic E-state index is 11.6. The molecule has 0 radical (unpaired) electrons. The highest BCUT2D eigenvalue weighted by Crippen LogP contribution is 2.20. The minimum absolute atomic E-state index is 0.102. The molecule has 2 rings (SSSR count). The summed E-state index contributed by atoms with van der Waals surface area (Å²) < 4.78 is 6.59. The molecule has 0 spiro atoms. The van der Waals surface area contributed by atoms with Crippen LogP contribution in [0.25, 0.3) is 11.4 Å². The van der Waals surface area contributed by atoms with Crippen molar-refractivity contribution in [1.82, 2.24) is 15.0 Å². The van der Waals surface area contributed by atoms with Crippen LogP contribution in [0.3, 0.4) is 0 Å². The molecule has 0 fully saturated rings. The second-order valence-electron chi connectivity index (χ2n) is 3.85. The van der Waals surface area contributed by atoms with Gasteiger partial charge in [0.15, 0.2) is 5.82 Å². The first-order valence-electron chi connectivity index (χ1n) is 5.64. The van der Waals surface area contributed by atoms with Crippen molar-refractivity contribution in [1.29, 1.82) is 0 Å². The van der Waals surface area contributed by atoms with Gasteiger partial charge in [0.05, 0.1) is 6.54 Å². The van der Waals surface area contributed by atoms with E-state index in [1.165, 1.54) is 0 Å². The fourth-order valence-electron chi connectivity index (χ4n) is 1.59. The molecule has 1 heterocycles. The summed E-state index contributed by atoms with van der Waals surface area (Å²) >= 11 is 3.33. The number of carbonyl (C=O) groups excluding carboxylic acids is 1. The normalized spacial score (nSPS) is 10.0. The summed E-state index contributed by atoms with van der Waals surface area (Å²) in [6, 6.07) is 7.16. The van der Waals surface area contributed by atoms with Crippen molar-refractivity contribution < 1.29 is 9.32 Å². The first kappa shape index (κ1) is 14.1. The largest absolute Gasteiger partial charge is 0.442 e. The highest BCUT2D eigenvalue weighted by molar-refractivity contribution is 9.10. The van der Waals surface area contributed by atoms with Crippen molar-refractivity contribution in [2.45, 2.75) is 6.54 Å². The van der Waals surface area contributed by atoms with E-state index in [4.69, 9.17) is 6.42 Å². The number of aromatic nitrogens is 2. The molecule has 2 aromatic rings. The molecule has 20 heavy (non-hydrogen) atoms. The maximum absolute atomic E-state index is 11.6. The summed E-state index contributed by atoms with van der Waals surface area (Å²) in [5.41, 5.74) is 0.662. The summed E-state index contributed by atoms with van der Waals surface area (Å²) in [4.78, 5) is 23.2. The Morgan fingerprint density at radius 3 is 3.05 bits per heavy atom. The Hall–Kier alpha value is -2.33. The molecule has 0 bridgehead atoms. The first-order valence-corrected chi connectivity index (χ1v) is 6.43. The van der Waals surface area contributed by atoms with E-state index >= 15 is 0 Å². The predicted octanol–water partition coefficient (Wildman–Crippen LogP) is 1.02. The molecule has 0 aliphatic carbocycles. The summed E-state index contributed by atoms with van der Waals surface area (Å²) in [5, 5.41) is 6.17. The van der Waals surface area contributed by atoms with E-state index in [1.807, 2.05) is 6.07 Å². The van der Waals surface area contributed by atoms with Crippen LogP contribution >= 0.6 is 15.9 Å². The number of halogens is 1. The van der Waals surface area contributed by atoms with Crippen LogP contribution in [-0.4, -0.2) is 22.2 Å². The molecular formula is C13H10BrN3O3. The van der Waals surface area contributed by atoms with Crippen LogP contribution in [0, 0.1) is 12.3 Å². The number of hydrogen-bond acceptors (Lipinski definition) is 4. The van der Waals surface area contributed by atoms with Crippen LogP contribution in [0.1, 0.15) is 0 Å². The lowest BCUT2D eigenvalue weighted by Crippen LogP contribution is -2.31. The Morgan fingerprint density at radius 1 is 1.55 bits per heavy atom. The maximum Gasteiger partial charge on any atom is 0.442 e. The number of amides is 1. The molecule has 1 aromatic heterocycles. The first-order chi connectivity index (χ1) is 9.61. The van der Waals surface area contributed by atoms with Crippen LogP contribution in [0.2, 0.25) is 0 Å². The summed E-state index contributed by atoms with van der Waals surface area (Å²) in [5.74, 6) is 1.48. The Balaban J connectivity index is 2.31. The van der Waals surface area contributed by atoms with Crippen molar-refractivity contribution in [3.05, 3.63) is 39.3 Å². The van der Waals surface area contributed by atoms with Crippen molar-refractivity contribution in [2.75, 3.05) is 6.54 Å². The zero-order valence-corrected chi connectivity index (χ0v) is 11.9. The Kier molecular flexibility index (Phi) is 4.38. The highest BCUT2D eigenvalue weighted by Gasteiger charge is 2.15. The van der Waals surface area contributed by atoms with E-state index in [2.05, 4.69) is 36.8 Å². The third kappa shape index (κ3) is 3.16. The van der Waals surface area contributed by atoms with E-state index < -0.39 is 5.76 Å². The van der Waals surface area contributed by atoms with Crippen molar-refractivity contribution >= 4 is 21.8 Å². The molecule has 1 N–H and O–H groups in total. The number of nitrogens with zero attached hydrogens (tertiary/aromatic N) is 2. The zero-order valence-electron chi connectivity index (χ0n) is 10.3. The number of terminal acetylenes is 1. The number of nitrogens with one attached hydrogen (secondary N) is 1. The van der Waals surface area contributed by atoms with Crippen LogP contribution in [0.15, 0.2) is 38.1 Å². The molecule has 6 nitrogen and oxygen atoms in total. The van der Waals surface area contributed by atoms with E-state index in [-0.39, 0.29) is 24.8 Å². The summed E-state index contributed by atoms with van der Waals surface area (Å²) in [6.45, 7) is -0.100. The van der Waals surface area contributed by atoms with Gasteiger partial charge >= 0.3 is 5.76 Å². The van der Waals surface area contributed by atoms with Gasteiger partial charge in [0.1, 0.15) is 6.54 Å². The smallest absolute Gasteiger partial charge is 0.344 e. The van der Waals surface area contributed by atoms with Gasteiger partial charge in [-0.15, -0.1) is 6.42 Å². The van der Waals surface area contributed by atoms with Crippen molar-refractivity contribution in [3.63, 3.8) is 0 Å². The molecule has 0 saturated heterocycles. The van der Waals surface area contributed by atoms with Crippen molar-refractivity contribution in [3.8, 4) is 23.7 Å². The summed E-state index contributed by atoms with van der Waals surface area (Å²) in [6.07, 6.45) is 5.05. The van der Waals surface area contributed by atoms with Crippen LogP contribution < -0.4 is 11.1 Å². The molecule has 7 heteroatoms. The minimum Gasteiger partial charge on any atom is -0.344 e. The average molecular weight is 336 g/mol. The minimum atomic E-state index is -0.698. The van der Waals surface area contributed by atoms with Crippen LogP contribution in [0.5, 0.6) is 0 Å². The van der Waals surface area contributed by atoms with Gasteiger partial charge in [0.2, 0.25) is 5.91 Å². The molecule has 0 aliphatic rings. The van der Waals surface area contributed by atoms with E-state index in [1.54, 1.807) is 18.2 Å². The number of carbonyl (C=O) groups is 1. The van der Waals surface area contributed by atoms with Gasteiger partial charge in [-0.25, -0.2) is 9.36 Å². The molecule has 0 unspecified atom stereocenters. The topological polar surface area (TPSA) is 77.1 Å². The summed E-state index contributed by atoms with van der Waals surface area (Å²) in [7, 11) is 0. The molecule has 102 valence electrons. The Labute approximate surface area is 122 Å². The van der Waals surface area contributed by atoms with Gasteiger partial charge in [-0.2, -0.15) is 0 Å². The molecule has 1 amide bonds. The fraction of sp³-hybridized carbons (Fsp3) is 0.154. The van der Waals surface area contributed by atoms with E-state index in [9.17, 15) is 9.59 Å². The van der Waals surface area contributed by atoms with Gasteiger partial charge in [0, 0.05) is 10.0 Å². The van der Waals surface area contributed by atoms with Crippen LogP contribution in [0.4, 0.5) is 0 Å². The Morgan fingerprint density at radius 2 is 2.35 bits per heavy atom. The van der Waals surface area contributed by atoms with Crippen LogP contribution in [-0.2, 0) is 11.3 Å². The van der Waals surface area contributed by atoms with Gasteiger partial charge in [-0.3, -0.25) is 9.32 Å². The van der Waals surface area contributed by atoms with Gasteiger partial charge < -0.3 is 5.32 Å². The van der Waals surface area contributed by atoms with Crippen molar-refractivity contribution in [2.24, 2.45) is 0 Å². The fourth-order valence-corrected chi connectivity index (χ4v) is 1.99. The lowest BCUT2D eigenvalue weighted by Gasteiger charge is -2.04. The quantitative estimate of drug-likeness (QED) is 0.846. The van der Waals surface area contributed by atoms with Gasteiger partial charge in [-0.05, 0) is 12.1 Å². The number of hydrogen-bond donors (Lipinski definition) is 1. The lowest BCUT2D eigenvalue weighted by molar-refractivity contribution is -0.121. The van der Waals surface area contributed by atoms with Gasteiger partial charge in [-0.1, -0.05) is 39.1 Å². The second kappa shape index (κ2) is 6.21. The van der Waals surface area contributed by atoms with E-state index in [0.717, 1.165) is 9.04 Å². The Bertz CT molecular complexity index is 727. The molecule has 1 aromatic carbocycles. The monoisotopic (exact) mass is 335 g/mol. The average Bonchev–Trinajstić information content (AvgIpc) is 2.78. The molecular weight excluding hydrogens is 326 g/mol. The molecule has 0 saturated carbocycles. The molecule has 0 atom stereocenters. The predicted molar refractivity (Wildman–Crippen MR) is 75.7 cm³/mol. The molecule has 0 aliphatic heterocycles. The SMILES string of the molecule is C#CCNC(=O)Cn1c(-c2cccc(Br)c2)noc1=O. The van der Waals surface area contributed by atoms with Gasteiger partial charge in [0.25, 0.3) is 0 Å². The lowest BCUT2D eigenvalue weighted by atomic mass is 10.2. The van der Waals surface area contributed by atoms with E-state index in [0.29, 0.717) is 5.56 Å². The number of benzene rings is 1. The second-order valence-corrected chi connectivity index (χ2v) is 4.77.